The second-order valence-corrected chi connectivity index (χ2v) is 6.40. The number of carbonyl (C=O) groups excluding carboxylic acids is 2. The van der Waals surface area contributed by atoms with Crippen molar-refractivity contribution in [3.8, 4) is 0 Å². The van der Waals surface area contributed by atoms with Crippen LogP contribution in [0.15, 0.2) is 30.3 Å². The minimum Gasteiger partial charge on any atom is -0.339 e. The van der Waals surface area contributed by atoms with E-state index in [-0.39, 0.29) is 30.1 Å². The molecule has 1 aromatic rings. The zero-order chi connectivity index (χ0) is 16.1. The lowest BCUT2D eigenvalue weighted by Gasteiger charge is -2.38. The van der Waals surface area contributed by atoms with Crippen molar-refractivity contribution in [3.05, 3.63) is 35.9 Å². The van der Waals surface area contributed by atoms with Crippen LogP contribution in [-0.4, -0.2) is 60.9 Å². The molecule has 5 nitrogen and oxygen atoms in total. The van der Waals surface area contributed by atoms with Gasteiger partial charge in [0.05, 0.1) is 5.92 Å². The molecule has 3 rings (SSSR count). The summed E-state index contributed by atoms with van der Waals surface area (Å²) < 4.78 is 0. The van der Waals surface area contributed by atoms with Gasteiger partial charge in [-0.3, -0.25) is 9.59 Å². The zero-order valence-corrected chi connectivity index (χ0v) is 14.8. The molecule has 24 heavy (non-hydrogen) atoms. The number of nitrogens with one attached hydrogen (secondary N) is 1. The molecular weight excluding hydrogens is 326 g/mol. The molecule has 2 heterocycles. The van der Waals surface area contributed by atoms with Crippen LogP contribution in [0.3, 0.4) is 0 Å². The van der Waals surface area contributed by atoms with E-state index >= 15 is 0 Å². The molecule has 0 bridgehead atoms. The molecule has 2 amide bonds. The Balaban J connectivity index is 0.00000208. The first kappa shape index (κ1) is 18.7. The van der Waals surface area contributed by atoms with Crippen molar-refractivity contribution in [2.24, 2.45) is 5.92 Å². The highest BCUT2D eigenvalue weighted by atomic mass is 35.5. The van der Waals surface area contributed by atoms with Crippen LogP contribution in [0.4, 0.5) is 0 Å². The predicted molar refractivity (Wildman–Crippen MR) is 96.1 cm³/mol. The molecule has 0 aromatic heterocycles. The maximum atomic E-state index is 12.3. The Bertz CT molecular complexity index is 540. The fourth-order valence-corrected chi connectivity index (χ4v) is 3.14. The van der Waals surface area contributed by atoms with E-state index < -0.39 is 0 Å². The molecule has 1 N–H and O–H groups in total. The van der Waals surface area contributed by atoms with Gasteiger partial charge in [-0.25, -0.2) is 0 Å². The summed E-state index contributed by atoms with van der Waals surface area (Å²) >= 11 is 0. The Morgan fingerprint density at radius 2 is 1.62 bits per heavy atom. The van der Waals surface area contributed by atoms with Gasteiger partial charge in [-0.05, 0) is 18.4 Å². The standard InChI is InChI=1S/C18H25N3O2.ClH/c22-17(8-4-7-15-5-2-1-3-6-15)20-9-11-21(12-10-20)18(23)16-13-19-14-16;/h1-3,5-6,16,19H,4,7-14H2;1H. The number of benzene rings is 1. The number of nitrogens with zero attached hydrogens (tertiary/aromatic N) is 2. The third-order valence-electron chi connectivity index (χ3n) is 4.77. The van der Waals surface area contributed by atoms with E-state index in [1.165, 1.54) is 5.56 Å². The van der Waals surface area contributed by atoms with Crippen molar-refractivity contribution in [1.82, 2.24) is 15.1 Å². The van der Waals surface area contributed by atoms with Crippen LogP contribution in [0.25, 0.3) is 0 Å². The van der Waals surface area contributed by atoms with E-state index in [2.05, 4.69) is 17.4 Å². The van der Waals surface area contributed by atoms with Gasteiger partial charge in [0.1, 0.15) is 0 Å². The Labute approximate surface area is 149 Å². The van der Waals surface area contributed by atoms with Crippen LogP contribution in [-0.2, 0) is 16.0 Å². The van der Waals surface area contributed by atoms with Gasteiger partial charge in [-0.2, -0.15) is 0 Å². The summed E-state index contributed by atoms with van der Waals surface area (Å²) in [5, 5.41) is 3.13. The summed E-state index contributed by atoms with van der Waals surface area (Å²) in [4.78, 5) is 28.3. The number of halogens is 1. The summed E-state index contributed by atoms with van der Waals surface area (Å²) in [5.41, 5.74) is 1.28. The van der Waals surface area contributed by atoms with Crippen molar-refractivity contribution in [3.63, 3.8) is 0 Å². The van der Waals surface area contributed by atoms with Crippen molar-refractivity contribution in [2.75, 3.05) is 39.3 Å². The monoisotopic (exact) mass is 351 g/mol. The lowest BCUT2D eigenvalue weighted by atomic mass is 10.0. The van der Waals surface area contributed by atoms with Gasteiger partial charge < -0.3 is 15.1 Å². The molecule has 0 atom stereocenters. The molecule has 1 aromatic carbocycles. The van der Waals surface area contributed by atoms with Crippen LogP contribution in [0.5, 0.6) is 0 Å². The average Bonchev–Trinajstić information content (AvgIpc) is 2.54. The van der Waals surface area contributed by atoms with Crippen molar-refractivity contribution in [1.29, 1.82) is 0 Å². The highest BCUT2D eigenvalue weighted by Crippen LogP contribution is 2.13. The molecule has 0 spiro atoms. The zero-order valence-electron chi connectivity index (χ0n) is 13.9. The van der Waals surface area contributed by atoms with E-state index in [1.807, 2.05) is 28.0 Å². The summed E-state index contributed by atoms with van der Waals surface area (Å²) in [5.74, 6) is 0.626. The number of rotatable bonds is 5. The minimum absolute atomic E-state index is 0. The maximum absolute atomic E-state index is 12.3. The summed E-state index contributed by atoms with van der Waals surface area (Å²) in [7, 11) is 0. The lowest BCUT2D eigenvalue weighted by Crippen LogP contribution is -2.57. The summed E-state index contributed by atoms with van der Waals surface area (Å²) in [6.07, 6.45) is 2.42. The minimum atomic E-state index is 0. The molecule has 6 heteroatoms. The lowest BCUT2D eigenvalue weighted by molar-refractivity contribution is -0.143. The van der Waals surface area contributed by atoms with Crippen molar-refractivity contribution in [2.45, 2.75) is 19.3 Å². The fourth-order valence-electron chi connectivity index (χ4n) is 3.14. The normalized spacial score (nSPS) is 17.8. The molecular formula is C18H26ClN3O2. The molecule has 2 aliphatic rings. The molecule has 0 aliphatic carbocycles. The molecule has 0 unspecified atom stereocenters. The van der Waals surface area contributed by atoms with Crippen LogP contribution in [0.2, 0.25) is 0 Å². The molecule has 132 valence electrons. The first-order valence-electron chi connectivity index (χ1n) is 8.55. The number of aryl methyl sites for hydroxylation is 1. The van der Waals surface area contributed by atoms with E-state index in [0.29, 0.717) is 32.6 Å². The molecule has 2 aliphatic heterocycles. The van der Waals surface area contributed by atoms with E-state index in [4.69, 9.17) is 0 Å². The van der Waals surface area contributed by atoms with Crippen LogP contribution < -0.4 is 5.32 Å². The first-order chi connectivity index (χ1) is 11.2. The summed E-state index contributed by atoms with van der Waals surface area (Å²) in [6.45, 7) is 4.32. The number of amides is 2. The highest BCUT2D eigenvalue weighted by Gasteiger charge is 2.31. The quantitative estimate of drug-likeness (QED) is 0.870. The number of piperazine rings is 1. The SMILES string of the molecule is Cl.O=C(CCCc1ccccc1)N1CCN(C(=O)C2CNC2)CC1. The van der Waals surface area contributed by atoms with Crippen LogP contribution in [0, 0.1) is 5.92 Å². The molecule has 0 radical (unpaired) electrons. The number of carbonyl (C=O) groups is 2. The van der Waals surface area contributed by atoms with Gasteiger partial charge in [-0.15, -0.1) is 12.4 Å². The van der Waals surface area contributed by atoms with E-state index in [1.54, 1.807) is 0 Å². The van der Waals surface area contributed by atoms with Gasteiger partial charge in [-0.1, -0.05) is 30.3 Å². The highest BCUT2D eigenvalue weighted by molar-refractivity contribution is 5.85. The van der Waals surface area contributed by atoms with Crippen LogP contribution >= 0.6 is 12.4 Å². The Morgan fingerprint density at radius 1 is 1.00 bits per heavy atom. The first-order valence-corrected chi connectivity index (χ1v) is 8.55. The number of hydrogen-bond acceptors (Lipinski definition) is 3. The van der Waals surface area contributed by atoms with Crippen LogP contribution in [0.1, 0.15) is 18.4 Å². The van der Waals surface area contributed by atoms with Gasteiger partial charge >= 0.3 is 0 Å². The average molecular weight is 352 g/mol. The van der Waals surface area contributed by atoms with E-state index in [0.717, 1.165) is 25.9 Å². The van der Waals surface area contributed by atoms with Crippen molar-refractivity contribution < 1.29 is 9.59 Å². The van der Waals surface area contributed by atoms with Gasteiger partial charge in [0.15, 0.2) is 0 Å². The molecule has 0 saturated carbocycles. The Hall–Kier alpha value is -1.59. The predicted octanol–water partition coefficient (Wildman–Crippen LogP) is 1.32. The van der Waals surface area contributed by atoms with Crippen molar-refractivity contribution >= 4 is 24.2 Å². The third kappa shape index (κ3) is 4.71. The van der Waals surface area contributed by atoms with Gasteiger partial charge in [0.25, 0.3) is 0 Å². The maximum Gasteiger partial charge on any atom is 0.228 e. The molecule has 2 fully saturated rings. The third-order valence-corrected chi connectivity index (χ3v) is 4.77. The van der Waals surface area contributed by atoms with E-state index in [9.17, 15) is 9.59 Å². The second-order valence-electron chi connectivity index (χ2n) is 6.40. The Morgan fingerprint density at radius 3 is 2.21 bits per heavy atom. The van der Waals surface area contributed by atoms with Gasteiger partial charge in [0, 0.05) is 45.7 Å². The second kappa shape index (κ2) is 9.04. The smallest absolute Gasteiger partial charge is 0.228 e. The molecule has 2 saturated heterocycles. The largest absolute Gasteiger partial charge is 0.339 e. The fraction of sp³-hybridized carbons (Fsp3) is 0.556. The topological polar surface area (TPSA) is 52.7 Å². The summed E-state index contributed by atoms with van der Waals surface area (Å²) in [6, 6.07) is 10.3. The number of hydrogen-bond donors (Lipinski definition) is 1. The Kier molecular flexibility index (Phi) is 7.06. The van der Waals surface area contributed by atoms with Gasteiger partial charge in [0.2, 0.25) is 11.8 Å².